The molecule has 0 aliphatic carbocycles. The van der Waals surface area contributed by atoms with Crippen LogP contribution in [0.1, 0.15) is 22.3 Å². The number of rotatable bonds is 2. The molecule has 0 unspecified atom stereocenters. The number of thiazole rings is 1. The van der Waals surface area contributed by atoms with Gasteiger partial charge in [-0.1, -0.05) is 11.6 Å². The van der Waals surface area contributed by atoms with Crippen molar-refractivity contribution in [2.75, 3.05) is 11.4 Å². The van der Waals surface area contributed by atoms with E-state index in [1.54, 1.807) is 41.6 Å². The Kier molecular flexibility index (Phi) is 4.34. The highest BCUT2D eigenvalue weighted by atomic mass is 35.5. The normalized spacial score (nSPS) is 16.1. The molecule has 1 aliphatic heterocycles. The summed E-state index contributed by atoms with van der Waals surface area (Å²) in [5.41, 5.74) is 1.33. The van der Waals surface area contributed by atoms with E-state index in [2.05, 4.69) is 15.0 Å². The number of fused-ring (bicyclic) bond motifs is 1. The number of hydrogen-bond acceptors (Lipinski definition) is 6. The van der Waals surface area contributed by atoms with Gasteiger partial charge in [0, 0.05) is 17.4 Å². The van der Waals surface area contributed by atoms with E-state index >= 15 is 0 Å². The molecule has 26 heavy (non-hydrogen) atoms. The van der Waals surface area contributed by atoms with Gasteiger partial charge in [-0.05, 0) is 38.1 Å². The monoisotopic (exact) mass is 386 g/mol. The molecule has 1 aliphatic rings. The second-order valence-corrected chi connectivity index (χ2v) is 7.40. The van der Waals surface area contributed by atoms with Crippen LogP contribution in [-0.4, -0.2) is 33.5 Å². The number of aryl methyl sites for hydroxylation is 1. The third-order valence-corrected chi connectivity index (χ3v) is 5.35. The summed E-state index contributed by atoms with van der Waals surface area (Å²) in [5, 5.41) is 1.18. The summed E-state index contributed by atoms with van der Waals surface area (Å²) in [4.78, 5) is 28.4. The Morgan fingerprint density at radius 2 is 2.12 bits per heavy atom. The minimum absolute atomic E-state index is 0.113. The first-order valence-electron chi connectivity index (χ1n) is 8.06. The minimum atomic E-state index is -0.124. The fraction of sp³-hybridized carbons (Fsp3) is 0.222. The molecule has 3 aromatic rings. The van der Waals surface area contributed by atoms with Crippen LogP contribution in [0, 0.1) is 6.92 Å². The summed E-state index contributed by atoms with van der Waals surface area (Å²) in [7, 11) is 0. The molecular formula is C18H15ClN4O2S. The Morgan fingerprint density at radius 3 is 2.88 bits per heavy atom. The van der Waals surface area contributed by atoms with E-state index in [1.165, 1.54) is 11.3 Å². The molecule has 132 valence electrons. The second-order valence-electron chi connectivity index (χ2n) is 5.96. The maximum atomic E-state index is 13.2. The lowest BCUT2D eigenvalue weighted by molar-refractivity contribution is 0.0964. The Morgan fingerprint density at radius 1 is 1.35 bits per heavy atom. The lowest BCUT2D eigenvalue weighted by Crippen LogP contribution is -2.42. The highest BCUT2D eigenvalue weighted by molar-refractivity contribution is 7.17. The Bertz CT molecular complexity index is 977. The number of hydrogen-bond donors (Lipinski definition) is 0. The van der Waals surface area contributed by atoms with Crippen molar-refractivity contribution in [3.05, 3.63) is 52.3 Å². The van der Waals surface area contributed by atoms with Gasteiger partial charge in [0.25, 0.3) is 5.91 Å². The van der Waals surface area contributed by atoms with Crippen LogP contribution in [0.15, 0.2) is 36.7 Å². The van der Waals surface area contributed by atoms with Gasteiger partial charge in [-0.25, -0.2) is 15.0 Å². The summed E-state index contributed by atoms with van der Waals surface area (Å²) < 4.78 is 5.82. The molecule has 1 aromatic carbocycles. The van der Waals surface area contributed by atoms with E-state index in [4.69, 9.17) is 16.3 Å². The van der Waals surface area contributed by atoms with Gasteiger partial charge in [0.1, 0.15) is 16.7 Å². The molecule has 8 heteroatoms. The summed E-state index contributed by atoms with van der Waals surface area (Å²) in [6, 6.07) is 7.03. The number of halogens is 1. The number of carbonyl (C=O) groups excluding carboxylic acids is 1. The number of nitrogens with zero attached hydrogens (tertiary/aromatic N) is 4. The second kappa shape index (κ2) is 6.66. The molecule has 1 atom stereocenters. The molecule has 0 saturated heterocycles. The molecular weight excluding hydrogens is 372 g/mol. The maximum Gasteiger partial charge on any atom is 0.270 e. The van der Waals surface area contributed by atoms with Crippen molar-refractivity contribution in [1.29, 1.82) is 0 Å². The van der Waals surface area contributed by atoms with Gasteiger partial charge >= 0.3 is 0 Å². The van der Waals surface area contributed by atoms with Crippen LogP contribution in [0.2, 0.25) is 5.02 Å². The van der Waals surface area contributed by atoms with E-state index in [-0.39, 0.29) is 12.0 Å². The minimum Gasteiger partial charge on any atom is -0.487 e. The molecule has 2 aromatic heterocycles. The largest absolute Gasteiger partial charge is 0.487 e. The van der Waals surface area contributed by atoms with E-state index in [1.807, 2.05) is 13.8 Å². The van der Waals surface area contributed by atoms with Crippen LogP contribution in [0.4, 0.5) is 5.69 Å². The molecule has 4 rings (SSSR count). The summed E-state index contributed by atoms with van der Waals surface area (Å²) in [5.74, 6) is 1.04. The summed E-state index contributed by atoms with van der Waals surface area (Å²) >= 11 is 7.42. The Balaban J connectivity index is 1.73. The van der Waals surface area contributed by atoms with Crippen molar-refractivity contribution in [3.63, 3.8) is 0 Å². The Hall–Kier alpha value is -2.51. The number of aromatic nitrogens is 3. The third-order valence-electron chi connectivity index (χ3n) is 3.97. The quantitative estimate of drug-likeness (QED) is 0.666. The SMILES string of the molecule is Cc1nc(-c2ncccn2)sc1C(=O)N1C[C@@H](C)Oc2ccc(Cl)cc21. The van der Waals surface area contributed by atoms with E-state index in [0.717, 1.165) is 0 Å². The zero-order valence-corrected chi connectivity index (χ0v) is 15.7. The van der Waals surface area contributed by atoms with Crippen LogP contribution in [0.5, 0.6) is 5.75 Å². The zero-order chi connectivity index (χ0) is 18.3. The first kappa shape index (κ1) is 16.9. The van der Waals surface area contributed by atoms with Gasteiger partial charge in [-0.3, -0.25) is 4.79 Å². The van der Waals surface area contributed by atoms with Crippen molar-refractivity contribution in [1.82, 2.24) is 15.0 Å². The van der Waals surface area contributed by atoms with Gasteiger partial charge in [0.05, 0.1) is 17.9 Å². The lowest BCUT2D eigenvalue weighted by Gasteiger charge is -2.33. The summed E-state index contributed by atoms with van der Waals surface area (Å²) in [6.07, 6.45) is 3.20. The number of ether oxygens (including phenoxy) is 1. The van der Waals surface area contributed by atoms with Crippen LogP contribution in [0.25, 0.3) is 10.8 Å². The van der Waals surface area contributed by atoms with Crippen LogP contribution >= 0.6 is 22.9 Å². The molecule has 3 heterocycles. The average Bonchev–Trinajstić information content (AvgIpc) is 3.03. The molecule has 0 N–H and O–H groups in total. The van der Waals surface area contributed by atoms with E-state index in [9.17, 15) is 4.79 Å². The van der Waals surface area contributed by atoms with Crippen LogP contribution in [-0.2, 0) is 0 Å². The van der Waals surface area contributed by atoms with Crippen LogP contribution in [0.3, 0.4) is 0 Å². The van der Waals surface area contributed by atoms with Crippen molar-refractivity contribution in [2.45, 2.75) is 20.0 Å². The van der Waals surface area contributed by atoms with E-state index in [0.29, 0.717) is 44.4 Å². The van der Waals surface area contributed by atoms with Gasteiger partial charge in [-0.15, -0.1) is 11.3 Å². The third kappa shape index (κ3) is 3.04. The first-order chi connectivity index (χ1) is 12.5. The maximum absolute atomic E-state index is 13.2. The van der Waals surface area contributed by atoms with Crippen molar-refractivity contribution < 1.29 is 9.53 Å². The van der Waals surface area contributed by atoms with Gasteiger partial charge in [0.2, 0.25) is 0 Å². The zero-order valence-electron chi connectivity index (χ0n) is 14.1. The fourth-order valence-corrected chi connectivity index (χ4v) is 3.96. The summed E-state index contributed by atoms with van der Waals surface area (Å²) in [6.45, 7) is 4.19. The number of amides is 1. The topological polar surface area (TPSA) is 68.2 Å². The van der Waals surface area contributed by atoms with Crippen LogP contribution < -0.4 is 9.64 Å². The molecule has 0 bridgehead atoms. The Labute approximate surface area is 159 Å². The highest BCUT2D eigenvalue weighted by Crippen LogP contribution is 2.37. The molecule has 6 nitrogen and oxygen atoms in total. The fourth-order valence-electron chi connectivity index (χ4n) is 2.83. The van der Waals surface area contributed by atoms with Gasteiger partial charge < -0.3 is 9.64 Å². The first-order valence-corrected chi connectivity index (χ1v) is 9.25. The van der Waals surface area contributed by atoms with E-state index < -0.39 is 0 Å². The van der Waals surface area contributed by atoms with Gasteiger partial charge in [0.15, 0.2) is 10.8 Å². The number of benzene rings is 1. The van der Waals surface area contributed by atoms with Gasteiger partial charge in [-0.2, -0.15) is 0 Å². The molecule has 0 saturated carbocycles. The smallest absolute Gasteiger partial charge is 0.270 e. The average molecular weight is 387 g/mol. The molecule has 0 fully saturated rings. The molecule has 0 spiro atoms. The van der Waals surface area contributed by atoms with Crippen molar-refractivity contribution >= 4 is 34.5 Å². The number of carbonyl (C=O) groups is 1. The highest BCUT2D eigenvalue weighted by Gasteiger charge is 2.31. The predicted molar refractivity (Wildman–Crippen MR) is 101 cm³/mol. The number of anilines is 1. The standard InChI is InChI=1S/C18H15ClN4O2S/c1-10-9-23(13-8-12(19)4-5-14(13)25-10)18(24)15-11(2)22-17(26-15)16-20-6-3-7-21-16/h3-8,10H,9H2,1-2H3/t10-/m1/s1. The lowest BCUT2D eigenvalue weighted by atomic mass is 10.2. The molecule has 0 radical (unpaired) electrons. The predicted octanol–water partition coefficient (Wildman–Crippen LogP) is 3.99. The molecule has 1 amide bonds. The van der Waals surface area contributed by atoms with Crippen molar-refractivity contribution in [3.8, 4) is 16.6 Å². The van der Waals surface area contributed by atoms with Crippen molar-refractivity contribution in [2.24, 2.45) is 0 Å².